The van der Waals surface area contributed by atoms with Gasteiger partial charge >= 0.3 is 5.97 Å². The number of hydrogen-bond donors (Lipinski definition) is 1. The topological polar surface area (TPSA) is 62.5 Å². The molecule has 1 aromatic heterocycles. The number of aryl methyl sites for hydroxylation is 1. The van der Waals surface area contributed by atoms with E-state index < -0.39 is 11.4 Å². The Morgan fingerprint density at radius 2 is 2.14 bits per heavy atom. The van der Waals surface area contributed by atoms with Crippen molar-refractivity contribution >= 4 is 27.8 Å². The van der Waals surface area contributed by atoms with Crippen LogP contribution in [0.25, 0.3) is 0 Å². The molecule has 0 aliphatic carbocycles. The highest BCUT2D eigenvalue weighted by Crippen LogP contribution is 2.38. The fraction of sp³-hybridized carbons (Fsp3) is 0.600. The number of halogens is 1. The Bertz CT molecular complexity index is 567. The van der Waals surface area contributed by atoms with Crippen LogP contribution in [0.1, 0.15) is 37.7 Å². The molecule has 0 spiro atoms. The Morgan fingerprint density at radius 3 is 2.62 bits per heavy atom. The van der Waals surface area contributed by atoms with E-state index in [0.717, 1.165) is 4.47 Å². The average Bonchev–Trinajstić information content (AvgIpc) is 3.02. The fourth-order valence-corrected chi connectivity index (χ4v) is 3.44. The van der Waals surface area contributed by atoms with E-state index in [9.17, 15) is 14.7 Å². The summed E-state index contributed by atoms with van der Waals surface area (Å²) in [7, 11) is 0. The van der Waals surface area contributed by atoms with E-state index in [-0.39, 0.29) is 18.4 Å². The molecular weight excluding hydrogens is 336 g/mol. The minimum atomic E-state index is -0.823. The van der Waals surface area contributed by atoms with Crippen LogP contribution in [0.15, 0.2) is 16.7 Å². The second-order valence-electron chi connectivity index (χ2n) is 5.92. The van der Waals surface area contributed by atoms with Crippen molar-refractivity contribution in [2.75, 3.05) is 13.1 Å². The normalized spacial score (nSPS) is 22.0. The molecule has 2 heterocycles. The SMILES string of the molecule is CCn1cc(Br)cc1C(=O)N1CCC(C(=O)O)(C(C)C)C1. The van der Waals surface area contributed by atoms with Gasteiger partial charge in [-0.1, -0.05) is 13.8 Å². The smallest absolute Gasteiger partial charge is 0.311 e. The van der Waals surface area contributed by atoms with Crippen molar-refractivity contribution in [3.05, 3.63) is 22.4 Å². The van der Waals surface area contributed by atoms with Crippen molar-refractivity contribution in [3.63, 3.8) is 0 Å². The van der Waals surface area contributed by atoms with E-state index in [1.165, 1.54) is 0 Å². The van der Waals surface area contributed by atoms with E-state index in [4.69, 9.17) is 0 Å². The zero-order valence-electron chi connectivity index (χ0n) is 12.6. The maximum Gasteiger partial charge on any atom is 0.311 e. The lowest BCUT2D eigenvalue weighted by molar-refractivity contribution is -0.150. The molecule has 1 aliphatic heterocycles. The summed E-state index contributed by atoms with van der Waals surface area (Å²) in [6, 6.07) is 1.79. The maximum absolute atomic E-state index is 12.7. The number of carbonyl (C=O) groups is 2. The van der Waals surface area contributed by atoms with Gasteiger partial charge in [-0.2, -0.15) is 0 Å². The zero-order valence-corrected chi connectivity index (χ0v) is 14.2. The van der Waals surface area contributed by atoms with Crippen molar-refractivity contribution in [2.45, 2.75) is 33.7 Å². The van der Waals surface area contributed by atoms with Gasteiger partial charge in [0.1, 0.15) is 5.69 Å². The largest absolute Gasteiger partial charge is 0.481 e. The third kappa shape index (κ3) is 2.73. The van der Waals surface area contributed by atoms with E-state index in [1.807, 2.05) is 31.5 Å². The Balaban J connectivity index is 2.24. The standard InChI is InChI=1S/C15H21BrN2O3/c1-4-17-8-11(16)7-12(17)13(19)18-6-5-15(9-18,10(2)3)14(20)21/h7-8,10H,4-6,9H2,1-3H3,(H,20,21). The van der Waals surface area contributed by atoms with Crippen molar-refractivity contribution in [3.8, 4) is 0 Å². The molecule has 1 unspecified atom stereocenters. The third-order valence-electron chi connectivity index (χ3n) is 4.54. The molecule has 21 heavy (non-hydrogen) atoms. The lowest BCUT2D eigenvalue weighted by Crippen LogP contribution is -2.41. The lowest BCUT2D eigenvalue weighted by Gasteiger charge is -2.28. The molecule has 6 heteroatoms. The van der Waals surface area contributed by atoms with Crippen LogP contribution in [0.5, 0.6) is 0 Å². The summed E-state index contributed by atoms with van der Waals surface area (Å²) < 4.78 is 2.74. The van der Waals surface area contributed by atoms with Crippen LogP contribution < -0.4 is 0 Å². The van der Waals surface area contributed by atoms with Gasteiger partial charge in [-0.3, -0.25) is 9.59 Å². The predicted molar refractivity (Wildman–Crippen MR) is 83.2 cm³/mol. The van der Waals surface area contributed by atoms with Crippen molar-refractivity contribution in [2.24, 2.45) is 11.3 Å². The molecule has 5 nitrogen and oxygen atoms in total. The average molecular weight is 357 g/mol. The molecule has 0 bridgehead atoms. The molecular formula is C15H21BrN2O3. The first-order valence-electron chi connectivity index (χ1n) is 7.20. The second kappa shape index (κ2) is 5.83. The molecule has 1 aromatic rings. The number of amides is 1. The summed E-state index contributed by atoms with van der Waals surface area (Å²) in [6.45, 7) is 7.28. The lowest BCUT2D eigenvalue weighted by atomic mass is 9.76. The summed E-state index contributed by atoms with van der Waals surface area (Å²) in [4.78, 5) is 26.0. The third-order valence-corrected chi connectivity index (χ3v) is 4.98. The molecule has 1 saturated heterocycles. The quantitative estimate of drug-likeness (QED) is 0.901. The predicted octanol–water partition coefficient (Wildman–Crippen LogP) is 2.84. The van der Waals surface area contributed by atoms with Gasteiger partial charge in [0.25, 0.3) is 5.91 Å². The minimum Gasteiger partial charge on any atom is -0.481 e. The summed E-state index contributed by atoms with van der Waals surface area (Å²) in [6.07, 6.45) is 2.38. The molecule has 1 amide bonds. The van der Waals surface area contributed by atoms with Gasteiger partial charge < -0.3 is 14.6 Å². The van der Waals surface area contributed by atoms with Crippen LogP contribution in [-0.2, 0) is 11.3 Å². The van der Waals surface area contributed by atoms with Crippen molar-refractivity contribution in [1.82, 2.24) is 9.47 Å². The minimum absolute atomic E-state index is 0.00232. The summed E-state index contributed by atoms with van der Waals surface area (Å²) in [5.41, 5.74) is -0.217. The first kappa shape index (κ1) is 16.1. The number of rotatable bonds is 4. The molecule has 0 saturated carbocycles. The molecule has 1 N–H and O–H groups in total. The van der Waals surface area contributed by atoms with E-state index in [0.29, 0.717) is 25.2 Å². The van der Waals surface area contributed by atoms with Gasteiger partial charge in [-0.25, -0.2) is 0 Å². The monoisotopic (exact) mass is 356 g/mol. The van der Waals surface area contributed by atoms with Crippen LogP contribution in [0.4, 0.5) is 0 Å². The van der Waals surface area contributed by atoms with Gasteiger partial charge in [-0.15, -0.1) is 0 Å². The number of aliphatic carboxylic acids is 1. The number of carbonyl (C=O) groups excluding carboxylic acids is 1. The molecule has 116 valence electrons. The maximum atomic E-state index is 12.7. The van der Waals surface area contributed by atoms with Crippen LogP contribution >= 0.6 is 15.9 Å². The molecule has 2 rings (SSSR count). The van der Waals surface area contributed by atoms with E-state index in [1.54, 1.807) is 11.0 Å². The number of likely N-dealkylation sites (tertiary alicyclic amines) is 1. The highest BCUT2D eigenvalue weighted by Gasteiger charge is 2.48. The summed E-state index contributed by atoms with van der Waals surface area (Å²) in [5, 5.41) is 9.56. The highest BCUT2D eigenvalue weighted by atomic mass is 79.9. The molecule has 0 radical (unpaired) electrons. The van der Waals surface area contributed by atoms with E-state index in [2.05, 4.69) is 15.9 Å². The number of hydrogen-bond acceptors (Lipinski definition) is 2. The van der Waals surface area contributed by atoms with Crippen molar-refractivity contribution in [1.29, 1.82) is 0 Å². The van der Waals surface area contributed by atoms with Gasteiger partial charge in [0.2, 0.25) is 0 Å². The van der Waals surface area contributed by atoms with E-state index >= 15 is 0 Å². The van der Waals surface area contributed by atoms with Crippen molar-refractivity contribution < 1.29 is 14.7 Å². The number of carboxylic acids is 1. The van der Waals surface area contributed by atoms with Crippen LogP contribution in [0.2, 0.25) is 0 Å². The Hall–Kier alpha value is -1.30. The Labute approximate surface area is 133 Å². The molecule has 1 aliphatic rings. The highest BCUT2D eigenvalue weighted by molar-refractivity contribution is 9.10. The number of nitrogens with zero attached hydrogens (tertiary/aromatic N) is 2. The van der Waals surface area contributed by atoms with Crippen LogP contribution in [-0.4, -0.2) is 39.5 Å². The Kier molecular flexibility index (Phi) is 4.46. The molecule has 0 aromatic carbocycles. The van der Waals surface area contributed by atoms with Gasteiger partial charge in [0, 0.05) is 30.3 Å². The molecule has 1 fully saturated rings. The zero-order chi connectivity index (χ0) is 15.8. The number of carboxylic acid groups (broad SMARTS) is 1. The summed E-state index contributed by atoms with van der Waals surface area (Å²) in [5.74, 6) is -0.899. The first-order valence-corrected chi connectivity index (χ1v) is 7.99. The van der Waals surface area contributed by atoms with Crippen LogP contribution in [0, 0.1) is 11.3 Å². The summed E-state index contributed by atoms with van der Waals surface area (Å²) >= 11 is 3.38. The fourth-order valence-electron chi connectivity index (χ4n) is 2.98. The van der Waals surface area contributed by atoms with Gasteiger partial charge in [0.15, 0.2) is 0 Å². The van der Waals surface area contributed by atoms with Crippen LogP contribution in [0.3, 0.4) is 0 Å². The Morgan fingerprint density at radius 1 is 1.48 bits per heavy atom. The van der Waals surface area contributed by atoms with Gasteiger partial charge in [-0.05, 0) is 41.3 Å². The van der Waals surface area contributed by atoms with Gasteiger partial charge in [0.05, 0.1) is 5.41 Å². The number of aromatic nitrogens is 1. The first-order chi connectivity index (χ1) is 9.81. The second-order valence-corrected chi connectivity index (χ2v) is 6.84. The molecule has 1 atom stereocenters.